The summed E-state index contributed by atoms with van der Waals surface area (Å²) < 4.78 is 6.76. The molecule has 6 rings (SSSR count). The van der Waals surface area contributed by atoms with Gasteiger partial charge in [0.15, 0.2) is 0 Å². The molecule has 4 unspecified atom stereocenters. The summed E-state index contributed by atoms with van der Waals surface area (Å²) in [5.41, 5.74) is 2.15. The molecule has 3 aliphatic carbocycles. The van der Waals surface area contributed by atoms with Crippen LogP contribution < -0.4 is 4.74 Å². The second kappa shape index (κ2) is 6.60. The van der Waals surface area contributed by atoms with Gasteiger partial charge in [0.25, 0.3) is 0 Å². The van der Waals surface area contributed by atoms with E-state index in [2.05, 4.69) is 29.1 Å². The summed E-state index contributed by atoms with van der Waals surface area (Å²) in [6, 6.07) is 9.53. The molecule has 0 amide bonds. The molecule has 29 heavy (non-hydrogen) atoms. The summed E-state index contributed by atoms with van der Waals surface area (Å²) in [7, 11) is 2.27. The molecule has 1 N–H and O–H groups in total. The van der Waals surface area contributed by atoms with Gasteiger partial charge in [0.05, 0.1) is 11.1 Å². The lowest BCUT2D eigenvalue weighted by molar-refractivity contribution is -0.304. The third-order valence-corrected chi connectivity index (χ3v) is 8.53. The number of aromatic hydroxyl groups is 1. The number of rotatable bonds is 8. The first-order chi connectivity index (χ1) is 14.2. The molecule has 4 heteroatoms. The van der Waals surface area contributed by atoms with Gasteiger partial charge in [0.2, 0.25) is 5.88 Å². The second-order valence-electron chi connectivity index (χ2n) is 9.99. The Hall–Kier alpha value is -1.81. The molecule has 0 radical (unpaired) electrons. The molecular formula is C25H32N2O2. The minimum Gasteiger partial charge on any atom is -0.493 e. The third kappa shape index (κ3) is 2.64. The van der Waals surface area contributed by atoms with E-state index in [-0.39, 0.29) is 5.88 Å². The lowest BCUT2D eigenvalue weighted by Gasteiger charge is -2.78. The number of fused-ring (bicyclic) bond motifs is 1. The summed E-state index contributed by atoms with van der Waals surface area (Å²) in [6.07, 6.45) is 12.8. The standard InChI is InChI=1S/C25H32N2O2/c1-27-20-13-14-25(20)21(27)15-22(25)29-23-17-8-5-6-10-19(17)26-24(28)18(23)9-4-2-3-7-16-11-12-16/h5-6,8,10,16,20-22H,2-4,7,9,11-15H2,1H3,(H,26,28). The van der Waals surface area contributed by atoms with Crippen LogP contribution in [0.3, 0.4) is 0 Å². The smallest absolute Gasteiger partial charge is 0.218 e. The van der Waals surface area contributed by atoms with Crippen LogP contribution in [0.25, 0.3) is 10.9 Å². The lowest BCUT2D eigenvalue weighted by atomic mass is 9.41. The van der Waals surface area contributed by atoms with E-state index >= 15 is 0 Å². The topological polar surface area (TPSA) is 45.6 Å². The third-order valence-electron chi connectivity index (χ3n) is 8.53. The highest BCUT2D eigenvalue weighted by Gasteiger charge is 2.75. The molecule has 3 saturated carbocycles. The average molecular weight is 393 g/mol. The lowest BCUT2D eigenvalue weighted by Crippen LogP contribution is -2.86. The molecule has 1 spiro atoms. The number of pyridine rings is 1. The van der Waals surface area contributed by atoms with Crippen molar-refractivity contribution in [1.82, 2.24) is 9.88 Å². The first kappa shape index (κ1) is 18.0. The normalized spacial score (nSPS) is 32.7. The Morgan fingerprint density at radius 3 is 2.76 bits per heavy atom. The van der Waals surface area contributed by atoms with Crippen molar-refractivity contribution in [3.8, 4) is 11.6 Å². The van der Waals surface area contributed by atoms with Crippen molar-refractivity contribution in [1.29, 1.82) is 0 Å². The number of aromatic nitrogens is 1. The number of hydrogen-bond acceptors (Lipinski definition) is 4. The second-order valence-corrected chi connectivity index (χ2v) is 9.99. The van der Waals surface area contributed by atoms with Crippen LogP contribution in [0.5, 0.6) is 11.6 Å². The zero-order chi connectivity index (χ0) is 19.6. The zero-order valence-electron chi connectivity index (χ0n) is 17.4. The van der Waals surface area contributed by atoms with Gasteiger partial charge in [-0.05, 0) is 50.8 Å². The molecule has 2 heterocycles. The van der Waals surface area contributed by atoms with Gasteiger partial charge in [-0.25, -0.2) is 4.98 Å². The Bertz CT molecular complexity index is 932. The van der Waals surface area contributed by atoms with Gasteiger partial charge < -0.3 is 9.84 Å². The molecule has 1 aliphatic heterocycles. The van der Waals surface area contributed by atoms with Gasteiger partial charge in [0, 0.05) is 29.3 Å². The Balaban J connectivity index is 1.24. The van der Waals surface area contributed by atoms with Crippen LogP contribution in [-0.4, -0.2) is 40.2 Å². The first-order valence-electron chi connectivity index (χ1n) is 11.7. The van der Waals surface area contributed by atoms with Gasteiger partial charge >= 0.3 is 0 Å². The van der Waals surface area contributed by atoms with E-state index < -0.39 is 0 Å². The van der Waals surface area contributed by atoms with Gasteiger partial charge in [-0.3, -0.25) is 4.90 Å². The van der Waals surface area contributed by atoms with Crippen LogP contribution in [0.15, 0.2) is 24.3 Å². The highest BCUT2D eigenvalue weighted by Crippen LogP contribution is 2.68. The number of nitrogens with zero attached hydrogens (tertiary/aromatic N) is 2. The largest absolute Gasteiger partial charge is 0.493 e. The fourth-order valence-electron chi connectivity index (χ4n) is 6.52. The molecule has 4 fully saturated rings. The average Bonchev–Trinajstić information content (AvgIpc) is 3.49. The molecule has 0 bridgehead atoms. The summed E-state index contributed by atoms with van der Waals surface area (Å²) >= 11 is 0. The van der Waals surface area contributed by atoms with Crippen LogP contribution in [-0.2, 0) is 6.42 Å². The molecule has 1 saturated heterocycles. The van der Waals surface area contributed by atoms with Crippen molar-refractivity contribution >= 4 is 10.9 Å². The molecule has 4 aliphatic rings. The summed E-state index contributed by atoms with van der Waals surface area (Å²) in [4.78, 5) is 7.05. The summed E-state index contributed by atoms with van der Waals surface area (Å²) in [6.45, 7) is 0. The van der Waals surface area contributed by atoms with E-state index in [1.165, 1.54) is 44.9 Å². The van der Waals surface area contributed by atoms with E-state index in [9.17, 15) is 5.11 Å². The number of benzene rings is 1. The predicted octanol–water partition coefficient (Wildman–Crippen LogP) is 5.07. The molecule has 2 aromatic rings. The van der Waals surface area contributed by atoms with Crippen molar-refractivity contribution in [2.45, 2.75) is 82.4 Å². The summed E-state index contributed by atoms with van der Waals surface area (Å²) in [5.74, 6) is 2.09. The maximum absolute atomic E-state index is 10.8. The van der Waals surface area contributed by atoms with Gasteiger partial charge in [-0.15, -0.1) is 0 Å². The van der Waals surface area contributed by atoms with E-state index in [1.807, 2.05) is 12.1 Å². The van der Waals surface area contributed by atoms with Crippen LogP contribution in [0.1, 0.15) is 63.4 Å². The Labute approximate surface area is 173 Å². The maximum atomic E-state index is 10.8. The van der Waals surface area contributed by atoms with Crippen molar-refractivity contribution in [3.05, 3.63) is 29.8 Å². The molecule has 1 aromatic heterocycles. The predicted molar refractivity (Wildman–Crippen MR) is 114 cm³/mol. The minimum absolute atomic E-state index is 0.171. The molecule has 154 valence electrons. The Morgan fingerprint density at radius 2 is 2.00 bits per heavy atom. The van der Waals surface area contributed by atoms with Crippen molar-refractivity contribution < 1.29 is 9.84 Å². The molecule has 1 aromatic carbocycles. The molecule has 4 nitrogen and oxygen atoms in total. The maximum Gasteiger partial charge on any atom is 0.218 e. The van der Waals surface area contributed by atoms with Crippen molar-refractivity contribution in [2.24, 2.45) is 11.3 Å². The van der Waals surface area contributed by atoms with Crippen LogP contribution in [0.2, 0.25) is 0 Å². The van der Waals surface area contributed by atoms with Crippen LogP contribution in [0.4, 0.5) is 0 Å². The minimum atomic E-state index is 0.171. The monoisotopic (exact) mass is 392 g/mol. The van der Waals surface area contributed by atoms with Gasteiger partial charge in [0.1, 0.15) is 11.9 Å². The van der Waals surface area contributed by atoms with Crippen LogP contribution >= 0.6 is 0 Å². The van der Waals surface area contributed by atoms with E-state index in [4.69, 9.17) is 4.74 Å². The van der Waals surface area contributed by atoms with E-state index in [1.54, 1.807) is 0 Å². The number of likely N-dealkylation sites (tertiary alicyclic amines) is 1. The highest BCUT2D eigenvalue weighted by molar-refractivity contribution is 5.87. The number of unbranched alkanes of at least 4 members (excludes halogenated alkanes) is 2. The first-order valence-corrected chi connectivity index (χ1v) is 11.7. The highest BCUT2D eigenvalue weighted by atomic mass is 16.5. The Morgan fingerprint density at radius 1 is 1.14 bits per heavy atom. The van der Waals surface area contributed by atoms with Crippen LogP contribution in [0, 0.1) is 11.3 Å². The number of hydrogen-bond donors (Lipinski definition) is 1. The quantitative estimate of drug-likeness (QED) is 0.637. The van der Waals surface area contributed by atoms with E-state index in [0.29, 0.717) is 23.6 Å². The Kier molecular flexibility index (Phi) is 4.09. The number of ether oxygens (including phenoxy) is 1. The fourth-order valence-corrected chi connectivity index (χ4v) is 6.52. The fraction of sp³-hybridized carbons (Fsp3) is 0.640. The summed E-state index contributed by atoms with van der Waals surface area (Å²) in [5, 5.41) is 11.8. The number of para-hydroxylation sites is 1. The zero-order valence-corrected chi connectivity index (χ0v) is 17.4. The number of piperidine rings is 2. The van der Waals surface area contributed by atoms with Crippen molar-refractivity contribution in [3.63, 3.8) is 0 Å². The van der Waals surface area contributed by atoms with Crippen molar-refractivity contribution in [2.75, 3.05) is 7.05 Å². The van der Waals surface area contributed by atoms with Gasteiger partial charge in [-0.2, -0.15) is 0 Å². The SMILES string of the molecule is CN1C2CCC23C(Oc2c(CCCCCC4CC4)c(O)nc4ccccc24)CC13. The van der Waals surface area contributed by atoms with Gasteiger partial charge in [-0.1, -0.05) is 44.2 Å². The molecule has 4 atom stereocenters. The van der Waals surface area contributed by atoms with E-state index in [0.717, 1.165) is 47.4 Å². The molecular weight excluding hydrogens is 360 g/mol.